The van der Waals surface area contributed by atoms with Crippen LogP contribution in [0.2, 0.25) is 0 Å². The molecule has 0 saturated carbocycles. The van der Waals surface area contributed by atoms with E-state index in [1.54, 1.807) is 48.8 Å². The molecule has 1 aliphatic rings. The van der Waals surface area contributed by atoms with Gasteiger partial charge in [0.25, 0.3) is 11.8 Å². The van der Waals surface area contributed by atoms with Crippen molar-refractivity contribution in [1.82, 2.24) is 9.88 Å². The summed E-state index contributed by atoms with van der Waals surface area (Å²) in [6.07, 6.45) is 3.23. The number of aromatic nitrogens is 1. The molecule has 5 nitrogen and oxygen atoms in total. The van der Waals surface area contributed by atoms with E-state index >= 15 is 0 Å². The fourth-order valence-corrected chi connectivity index (χ4v) is 2.88. The van der Waals surface area contributed by atoms with Gasteiger partial charge in [-0.3, -0.25) is 19.5 Å². The lowest BCUT2D eigenvalue weighted by atomic mass is 10.1. The Morgan fingerprint density at radius 3 is 2.31 bits per heavy atom. The van der Waals surface area contributed by atoms with Crippen LogP contribution >= 0.6 is 11.6 Å². The average molecular weight is 371 g/mol. The van der Waals surface area contributed by atoms with E-state index in [1.165, 1.54) is 0 Å². The van der Waals surface area contributed by atoms with E-state index in [1.807, 2.05) is 0 Å². The van der Waals surface area contributed by atoms with Crippen molar-refractivity contribution in [3.63, 3.8) is 0 Å². The van der Waals surface area contributed by atoms with Gasteiger partial charge in [-0.1, -0.05) is 37.6 Å². The van der Waals surface area contributed by atoms with E-state index < -0.39 is 11.8 Å². The molecule has 6 heteroatoms. The smallest absolute Gasteiger partial charge is 0.273 e. The maximum Gasteiger partial charge on any atom is 0.273 e. The first kappa shape index (κ1) is 18.1. The summed E-state index contributed by atoms with van der Waals surface area (Å²) < 4.78 is 5.64. The third-order valence-corrected chi connectivity index (χ3v) is 4.28. The van der Waals surface area contributed by atoms with Crippen LogP contribution in [0.3, 0.4) is 0 Å². The number of imide groups is 1. The first-order valence-corrected chi connectivity index (χ1v) is 8.73. The molecule has 3 rings (SSSR count). The monoisotopic (exact) mass is 370 g/mol. The molecule has 0 N–H and O–H groups in total. The van der Waals surface area contributed by atoms with Crippen LogP contribution in [0.1, 0.15) is 25.0 Å². The summed E-state index contributed by atoms with van der Waals surface area (Å²) in [5.74, 6) is 0.253. The van der Waals surface area contributed by atoms with Crippen molar-refractivity contribution in [1.29, 1.82) is 0 Å². The second-order valence-corrected chi connectivity index (χ2v) is 6.85. The standard InChI is InChI=1S/C20H19ClN2O3/c1-13(2)12-26-16-5-3-15(4-6-16)17-18(21)20(25)23(19(17)24)11-14-7-9-22-10-8-14/h3-10,13H,11-12H2,1-2H3. The molecule has 0 unspecified atom stereocenters. The molecule has 0 spiro atoms. The van der Waals surface area contributed by atoms with Crippen molar-refractivity contribution in [3.05, 3.63) is 65.0 Å². The number of ether oxygens (including phenoxy) is 1. The minimum Gasteiger partial charge on any atom is -0.493 e. The summed E-state index contributed by atoms with van der Waals surface area (Å²) in [5.41, 5.74) is 1.63. The average Bonchev–Trinajstić information content (AvgIpc) is 2.85. The second kappa shape index (κ2) is 7.70. The molecule has 1 aliphatic heterocycles. The Morgan fingerprint density at radius 1 is 1.04 bits per heavy atom. The number of carbonyl (C=O) groups excluding carboxylic acids is 2. The summed E-state index contributed by atoms with van der Waals surface area (Å²) in [5, 5.41) is -0.0556. The van der Waals surface area contributed by atoms with Crippen molar-refractivity contribution in [3.8, 4) is 5.75 Å². The van der Waals surface area contributed by atoms with Crippen LogP contribution in [-0.2, 0) is 16.1 Å². The zero-order valence-electron chi connectivity index (χ0n) is 14.6. The van der Waals surface area contributed by atoms with Crippen LogP contribution in [-0.4, -0.2) is 28.3 Å². The topological polar surface area (TPSA) is 59.5 Å². The normalized spacial score (nSPS) is 14.5. The molecule has 0 saturated heterocycles. The third-order valence-electron chi connectivity index (χ3n) is 3.93. The summed E-state index contributed by atoms with van der Waals surface area (Å²) in [6.45, 7) is 4.91. The number of hydrogen-bond donors (Lipinski definition) is 0. The highest BCUT2D eigenvalue weighted by Gasteiger charge is 2.38. The van der Waals surface area contributed by atoms with Gasteiger partial charge in [0.15, 0.2) is 0 Å². The van der Waals surface area contributed by atoms with Gasteiger partial charge in [0.05, 0.1) is 18.7 Å². The highest BCUT2D eigenvalue weighted by molar-refractivity contribution is 6.55. The quantitative estimate of drug-likeness (QED) is 0.728. The van der Waals surface area contributed by atoms with Gasteiger partial charge >= 0.3 is 0 Å². The summed E-state index contributed by atoms with van der Waals surface area (Å²) in [4.78, 5) is 30.3. The molecule has 0 fully saturated rings. The number of halogens is 1. The molecule has 2 heterocycles. The molecular formula is C20H19ClN2O3. The van der Waals surface area contributed by atoms with Crippen LogP contribution in [0.4, 0.5) is 0 Å². The zero-order chi connectivity index (χ0) is 18.7. The van der Waals surface area contributed by atoms with Crippen molar-refractivity contribution in [2.24, 2.45) is 5.92 Å². The third kappa shape index (κ3) is 3.78. The minimum atomic E-state index is -0.483. The van der Waals surface area contributed by atoms with Crippen LogP contribution < -0.4 is 4.74 Å². The van der Waals surface area contributed by atoms with Crippen molar-refractivity contribution >= 4 is 29.0 Å². The molecule has 134 valence electrons. The van der Waals surface area contributed by atoms with Crippen molar-refractivity contribution in [2.75, 3.05) is 6.61 Å². The lowest BCUT2D eigenvalue weighted by Crippen LogP contribution is -2.30. The minimum absolute atomic E-state index is 0.0556. The maximum atomic E-state index is 12.7. The molecule has 0 radical (unpaired) electrons. The van der Waals surface area contributed by atoms with Gasteiger partial charge in [-0.15, -0.1) is 0 Å². The van der Waals surface area contributed by atoms with Gasteiger partial charge in [-0.05, 0) is 41.3 Å². The Balaban J connectivity index is 1.79. The molecular weight excluding hydrogens is 352 g/mol. The second-order valence-electron chi connectivity index (χ2n) is 6.47. The van der Waals surface area contributed by atoms with Gasteiger partial charge in [0.1, 0.15) is 10.8 Å². The van der Waals surface area contributed by atoms with Crippen LogP contribution in [0.5, 0.6) is 5.75 Å². The van der Waals surface area contributed by atoms with Crippen LogP contribution in [0.15, 0.2) is 53.8 Å². The highest BCUT2D eigenvalue weighted by Crippen LogP contribution is 2.33. The molecule has 2 amide bonds. The Kier molecular flexibility index (Phi) is 5.38. The van der Waals surface area contributed by atoms with Gasteiger partial charge in [-0.2, -0.15) is 0 Å². The molecule has 1 aromatic carbocycles. The predicted octanol–water partition coefficient (Wildman–Crippen LogP) is 3.64. The SMILES string of the molecule is CC(C)COc1ccc(C2=C(Cl)C(=O)N(Cc3ccncc3)C2=O)cc1. The molecule has 26 heavy (non-hydrogen) atoms. The Labute approximate surface area is 157 Å². The van der Waals surface area contributed by atoms with E-state index in [2.05, 4.69) is 18.8 Å². The Bertz CT molecular complexity index is 845. The summed E-state index contributed by atoms with van der Waals surface area (Å²) in [7, 11) is 0. The van der Waals surface area contributed by atoms with E-state index in [0.717, 1.165) is 10.5 Å². The summed E-state index contributed by atoms with van der Waals surface area (Å²) in [6, 6.07) is 10.6. The van der Waals surface area contributed by atoms with E-state index in [4.69, 9.17) is 16.3 Å². The molecule has 0 atom stereocenters. The van der Waals surface area contributed by atoms with Crippen LogP contribution in [0, 0.1) is 5.92 Å². The maximum absolute atomic E-state index is 12.7. The fraction of sp³-hybridized carbons (Fsp3) is 0.250. The first-order chi connectivity index (χ1) is 12.5. The zero-order valence-corrected chi connectivity index (χ0v) is 15.4. The van der Waals surface area contributed by atoms with E-state index in [-0.39, 0.29) is 17.2 Å². The number of benzene rings is 1. The molecule has 0 bridgehead atoms. The van der Waals surface area contributed by atoms with Gasteiger partial charge < -0.3 is 4.74 Å². The molecule has 1 aromatic heterocycles. The number of hydrogen-bond acceptors (Lipinski definition) is 4. The first-order valence-electron chi connectivity index (χ1n) is 8.35. The van der Waals surface area contributed by atoms with Crippen LogP contribution in [0.25, 0.3) is 5.57 Å². The largest absolute Gasteiger partial charge is 0.493 e. The van der Waals surface area contributed by atoms with Crippen molar-refractivity contribution in [2.45, 2.75) is 20.4 Å². The van der Waals surface area contributed by atoms with Crippen molar-refractivity contribution < 1.29 is 14.3 Å². The Morgan fingerprint density at radius 2 is 1.69 bits per heavy atom. The molecule has 0 aliphatic carbocycles. The van der Waals surface area contributed by atoms with E-state index in [9.17, 15) is 9.59 Å². The van der Waals surface area contributed by atoms with Gasteiger partial charge in [0.2, 0.25) is 0 Å². The van der Waals surface area contributed by atoms with Gasteiger partial charge in [0, 0.05) is 12.4 Å². The molecule has 2 aromatic rings. The van der Waals surface area contributed by atoms with Gasteiger partial charge in [-0.25, -0.2) is 0 Å². The fourth-order valence-electron chi connectivity index (χ4n) is 2.59. The predicted molar refractivity (Wildman–Crippen MR) is 99.3 cm³/mol. The number of pyridine rings is 1. The number of amides is 2. The van der Waals surface area contributed by atoms with E-state index in [0.29, 0.717) is 23.8 Å². The lowest BCUT2D eigenvalue weighted by molar-refractivity contribution is -0.137. The number of rotatable bonds is 6. The number of carbonyl (C=O) groups is 2. The Hall–Kier alpha value is -2.66. The summed E-state index contributed by atoms with van der Waals surface area (Å²) >= 11 is 6.19. The highest BCUT2D eigenvalue weighted by atomic mass is 35.5. The number of nitrogens with zero attached hydrogens (tertiary/aromatic N) is 2. The lowest BCUT2D eigenvalue weighted by Gasteiger charge is -2.14.